The highest BCUT2D eigenvalue weighted by atomic mass is 16.8. The molecule has 25 atom stereocenters. The second-order valence-corrected chi connectivity index (χ2v) is 14.8. The van der Waals surface area contributed by atoms with Crippen molar-refractivity contribution in [2.24, 2.45) is 0 Å². The molecule has 0 aromatic rings. The molecule has 5 fully saturated rings. The van der Waals surface area contributed by atoms with E-state index < -0.39 is 187 Å². The van der Waals surface area contributed by atoms with Crippen LogP contribution in [-0.4, -0.2) is 281 Å². The van der Waals surface area contributed by atoms with Gasteiger partial charge in [0.25, 0.3) is 0 Å². The summed E-state index contributed by atoms with van der Waals surface area (Å²) < 4.78 is 73.8. The minimum atomic E-state index is -1.84. The summed E-state index contributed by atoms with van der Waals surface area (Å²) in [5.41, 5.74) is 0. The van der Waals surface area contributed by atoms with Crippen molar-refractivity contribution in [3.63, 3.8) is 0 Å². The van der Waals surface area contributed by atoms with Gasteiger partial charge in [-0.3, -0.25) is 0 Å². The van der Waals surface area contributed by atoms with Crippen molar-refractivity contribution >= 4 is 0 Å². The number of aliphatic hydroxyl groups is 13. The first-order valence-electron chi connectivity index (χ1n) is 19.2. The van der Waals surface area contributed by atoms with Gasteiger partial charge in [-0.2, -0.15) is 0 Å². The molecule has 26 nitrogen and oxygen atoms in total. The summed E-state index contributed by atoms with van der Waals surface area (Å²) in [6.07, 6.45) is -38.6. The summed E-state index contributed by atoms with van der Waals surface area (Å²) in [7, 11) is 4.75. The first kappa shape index (κ1) is 50.0. The Labute approximate surface area is 343 Å². The van der Waals surface area contributed by atoms with Crippen molar-refractivity contribution in [2.45, 2.75) is 154 Å². The number of hydrogen-bond acceptors (Lipinski definition) is 26. The third-order valence-electron chi connectivity index (χ3n) is 11.3. The molecule has 0 aromatic heterocycles. The van der Waals surface area contributed by atoms with Gasteiger partial charge < -0.3 is 128 Å². The molecule has 5 saturated heterocycles. The Kier molecular flexibility index (Phi) is 18.5. The molecular formula is C34H60O26. The molecule has 5 aliphatic rings. The summed E-state index contributed by atoms with van der Waals surface area (Å²) >= 11 is 0. The van der Waals surface area contributed by atoms with Crippen LogP contribution in [-0.2, 0) is 61.6 Å². The fourth-order valence-corrected chi connectivity index (χ4v) is 8.06. The lowest BCUT2D eigenvalue weighted by Crippen LogP contribution is -2.68. The average molecular weight is 885 g/mol. The molecule has 0 saturated carbocycles. The molecule has 0 aliphatic carbocycles. The van der Waals surface area contributed by atoms with E-state index in [4.69, 9.17) is 61.6 Å². The second-order valence-electron chi connectivity index (χ2n) is 14.8. The van der Waals surface area contributed by atoms with Crippen LogP contribution in [0.15, 0.2) is 0 Å². The first-order valence-corrected chi connectivity index (χ1v) is 19.2. The van der Waals surface area contributed by atoms with Gasteiger partial charge in [0, 0.05) is 28.4 Å². The van der Waals surface area contributed by atoms with Crippen molar-refractivity contribution in [3.05, 3.63) is 0 Å². The molecule has 0 amide bonds. The number of aliphatic hydroxyl groups excluding tert-OH is 13. The SMILES string of the molecule is CO[C@@H]1[C@H](O)[C@@H](O[C@H]2[C@H](OC)[C@H](O)[C@@H](O[C@H]3[C@H](OC)[C@H](O)C(O)O[C@@H]3CO)O[C@@H]2CO)O[C@H](CO)[C@H]1O[C@H]1O[C@H](CO)[C@@H](O[C@H]2O[C@H](CO)[C@@H](O)[C@H](O)[C@H]2O)[C@H](OC)[C@@H]1O. The van der Waals surface area contributed by atoms with E-state index in [2.05, 4.69) is 0 Å². The zero-order valence-corrected chi connectivity index (χ0v) is 33.1. The quantitative estimate of drug-likeness (QED) is 0.0645. The Balaban J connectivity index is 1.29. The normalized spacial score (nSPS) is 50.5. The van der Waals surface area contributed by atoms with E-state index in [1.165, 1.54) is 28.4 Å². The third-order valence-corrected chi connectivity index (χ3v) is 11.3. The lowest BCUT2D eigenvalue weighted by Gasteiger charge is -2.50. The number of ether oxygens (including phenoxy) is 13. The highest BCUT2D eigenvalue weighted by Gasteiger charge is 2.57. The summed E-state index contributed by atoms with van der Waals surface area (Å²) in [6.45, 7) is -3.85. The van der Waals surface area contributed by atoms with E-state index in [1.807, 2.05) is 0 Å². The van der Waals surface area contributed by atoms with Crippen molar-refractivity contribution < 1.29 is 128 Å². The molecule has 0 aromatic carbocycles. The summed E-state index contributed by atoms with van der Waals surface area (Å²) in [5.74, 6) is 0. The van der Waals surface area contributed by atoms with Crippen molar-refractivity contribution in [1.82, 2.24) is 0 Å². The first-order chi connectivity index (χ1) is 28.7. The molecule has 5 rings (SSSR count). The average Bonchev–Trinajstić information content (AvgIpc) is 3.24. The summed E-state index contributed by atoms with van der Waals surface area (Å²) in [6, 6.07) is 0. The molecule has 352 valence electrons. The van der Waals surface area contributed by atoms with Gasteiger partial charge in [-0.15, -0.1) is 0 Å². The standard InChI is InChI=1S/C34H60O26/c1-48-26-18(43)30(47)52-11(6-36)22(26)58-32-20(45)28(50-3)24(13(8-38)55-32)60-34-21(46)29(51-4)25(14(9-39)56-34)59-33-19(44)27(49-2)23(12(7-37)54-33)57-31-17(42)16(41)15(40)10(5-35)53-31/h10-47H,5-9H2,1-4H3/t10-,11-,12-,13-,14-,15-,16+,17-,18+,19+,20+,21+,22-,23-,24-,25-,26-,27-,28-,29-,30?,31-,32-,33-,34-/m1/s1. The van der Waals surface area contributed by atoms with Crippen LogP contribution in [0.1, 0.15) is 0 Å². The van der Waals surface area contributed by atoms with Crippen LogP contribution < -0.4 is 0 Å². The smallest absolute Gasteiger partial charge is 0.187 e. The molecule has 0 bridgehead atoms. The molecule has 0 radical (unpaired) electrons. The van der Waals surface area contributed by atoms with E-state index in [0.717, 1.165) is 0 Å². The number of rotatable bonds is 17. The fourth-order valence-electron chi connectivity index (χ4n) is 8.06. The predicted octanol–water partition coefficient (Wildman–Crippen LogP) is -9.31. The number of hydrogen-bond donors (Lipinski definition) is 13. The molecule has 1 unspecified atom stereocenters. The zero-order valence-electron chi connectivity index (χ0n) is 33.1. The van der Waals surface area contributed by atoms with Crippen LogP contribution in [0.3, 0.4) is 0 Å². The lowest BCUT2D eigenvalue weighted by atomic mass is 9.95. The Morgan fingerprint density at radius 3 is 0.867 bits per heavy atom. The summed E-state index contributed by atoms with van der Waals surface area (Å²) in [5, 5.41) is 136. The molecule has 0 spiro atoms. The Hall–Kier alpha value is -1.04. The predicted molar refractivity (Wildman–Crippen MR) is 186 cm³/mol. The van der Waals surface area contributed by atoms with Gasteiger partial charge in [0.1, 0.15) is 122 Å². The van der Waals surface area contributed by atoms with Crippen LogP contribution in [0.4, 0.5) is 0 Å². The topological polar surface area (TPSA) is 383 Å². The van der Waals surface area contributed by atoms with Crippen LogP contribution in [0.25, 0.3) is 0 Å². The van der Waals surface area contributed by atoms with Gasteiger partial charge in [-0.25, -0.2) is 0 Å². The maximum absolute atomic E-state index is 11.5. The molecule has 5 aliphatic heterocycles. The zero-order chi connectivity index (χ0) is 44.2. The largest absolute Gasteiger partial charge is 0.394 e. The molecule has 60 heavy (non-hydrogen) atoms. The van der Waals surface area contributed by atoms with Gasteiger partial charge in [0.05, 0.1) is 33.0 Å². The van der Waals surface area contributed by atoms with Gasteiger partial charge in [-0.05, 0) is 0 Å². The number of methoxy groups -OCH3 is 4. The highest BCUT2D eigenvalue weighted by Crippen LogP contribution is 2.37. The minimum absolute atomic E-state index is 0.699. The minimum Gasteiger partial charge on any atom is -0.394 e. The van der Waals surface area contributed by atoms with Gasteiger partial charge in [0.2, 0.25) is 0 Å². The van der Waals surface area contributed by atoms with Gasteiger partial charge in [0.15, 0.2) is 31.5 Å². The molecule has 13 N–H and O–H groups in total. The molecular weight excluding hydrogens is 824 g/mol. The molecule has 26 heteroatoms. The van der Waals surface area contributed by atoms with Crippen LogP contribution in [0.2, 0.25) is 0 Å². The fraction of sp³-hybridized carbons (Fsp3) is 1.00. The van der Waals surface area contributed by atoms with E-state index >= 15 is 0 Å². The van der Waals surface area contributed by atoms with Crippen molar-refractivity contribution in [3.8, 4) is 0 Å². The van der Waals surface area contributed by atoms with E-state index in [0.29, 0.717) is 0 Å². The van der Waals surface area contributed by atoms with Gasteiger partial charge >= 0.3 is 0 Å². The monoisotopic (exact) mass is 884 g/mol. The van der Waals surface area contributed by atoms with Gasteiger partial charge in [-0.1, -0.05) is 0 Å². The Morgan fingerprint density at radius 1 is 0.300 bits per heavy atom. The van der Waals surface area contributed by atoms with Crippen molar-refractivity contribution in [2.75, 3.05) is 61.5 Å². The van der Waals surface area contributed by atoms with E-state index in [9.17, 15) is 66.4 Å². The maximum atomic E-state index is 11.5. The summed E-state index contributed by atoms with van der Waals surface area (Å²) in [4.78, 5) is 0. The second kappa shape index (κ2) is 22.2. The van der Waals surface area contributed by atoms with Crippen LogP contribution in [0.5, 0.6) is 0 Å². The Morgan fingerprint density at radius 2 is 0.567 bits per heavy atom. The third kappa shape index (κ3) is 10.1. The van der Waals surface area contributed by atoms with Crippen molar-refractivity contribution in [1.29, 1.82) is 0 Å². The van der Waals surface area contributed by atoms with Crippen LogP contribution >= 0.6 is 0 Å². The van der Waals surface area contributed by atoms with Crippen LogP contribution in [0, 0.1) is 0 Å². The lowest BCUT2D eigenvalue weighted by molar-refractivity contribution is -0.395. The van der Waals surface area contributed by atoms with E-state index in [-0.39, 0.29) is 0 Å². The Bertz CT molecular complexity index is 1270. The molecule has 5 heterocycles. The highest BCUT2D eigenvalue weighted by molar-refractivity contribution is 5.00. The van der Waals surface area contributed by atoms with E-state index in [1.54, 1.807) is 0 Å². The maximum Gasteiger partial charge on any atom is 0.187 e.